The van der Waals surface area contributed by atoms with Crippen LogP contribution in [0.1, 0.15) is 22.2 Å². The highest BCUT2D eigenvalue weighted by Crippen LogP contribution is 2.13. The highest BCUT2D eigenvalue weighted by atomic mass is 32.1. The van der Waals surface area contributed by atoms with Crippen molar-refractivity contribution >= 4 is 11.3 Å². The number of thiazole rings is 1. The van der Waals surface area contributed by atoms with Crippen molar-refractivity contribution in [1.82, 2.24) is 19.9 Å². The quantitative estimate of drug-likeness (QED) is 0.863. The van der Waals surface area contributed by atoms with E-state index in [0.29, 0.717) is 0 Å². The fourth-order valence-corrected chi connectivity index (χ4v) is 3.14. The second-order valence-corrected chi connectivity index (χ2v) is 6.40. The van der Waals surface area contributed by atoms with Crippen molar-refractivity contribution in [2.45, 2.75) is 26.9 Å². The molecule has 1 fully saturated rings. The predicted octanol–water partition coefficient (Wildman–Crippen LogP) is 2.07. The number of hydrogen-bond donors (Lipinski definition) is 0. The molecule has 0 radical (unpaired) electrons. The molecule has 1 aliphatic rings. The number of rotatable bonds is 4. The zero-order chi connectivity index (χ0) is 13.9. The predicted molar refractivity (Wildman–Crippen MR) is 78.6 cm³/mol. The smallest absolute Gasteiger partial charge is 0.133 e. The van der Waals surface area contributed by atoms with Gasteiger partial charge in [0, 0.05) is 50.7 Å². The lowest BCUT2D eigenvalue weighted by atomic mass is 10.2. The molecule has 0 aliphatic carbocycles. The lowest BCUT2D eigenvalue weighted by Gasteiger charge is -2.33. The zero-order valence-electron chi connectivity index (χ0n) is 12.0. The molecule has 108 valence electrons. The second-order valence-electron chi connectivity index (χ2n) is 5.34. The Labute approximate surface area is 123 Å². The molecule has 0 N–H and O–H groups in total. The Morgan fingerprint density at radius 1 is 1.10 bits per heavy atom. The number of aromatic nitrogens is 2. The standard InChI is InChI=1S/C14H20N4OS/c1-11-7-13(16-19-11)8-17-3-5-18(6-4-17)9-14-10-20-12(2)15-14/h7,10H,3-6,8-9H2,1-2H3. The van der Waals surface area contributed by atoms with Gasteiger partial charge in [0.1, 0.15) is 5.76 Å². The largest absolute Gasteiger partial charge is 0.361 e. The molecular formula is C14H20N4OS. The molecule has 0 aromatic carbocycles. The van der Waals surface area contributed by atoms with Crippen LogP contribution in [0.4, 0.5) is 0 Å². The van der Waals surface area contributed by atoms with Gasteiger partial charge in [0.2, 0.25) is 0 Å². The fraction of sp³-hybridized carbons (Fsp3) is 0.571. The van der Waals surface area contributed by atoms with E-state index >= 15 is 0 Å². The van der Waals surface area contributed by atoms with Gasteiger partial charge in [-0.3, -0.25) is 9.80 Å². The first-order valence-corrected chi connectivity index (χ1v) is 7.85. The van der Waals surface area contributed by atoms with Gasteiger partial charge in [-0.25, -0.2) is 4.98 Å². The molecule has 20 heavy (non-hydrogen) atoms. The molecule has 2 aromatic rings. The van der Waals surface area contributed by atoms with E-state index in [4.69, 9.17) is 4.52 Å². The molecule has 6 heteroatoms. The van der Waals surface area contributed by atoms with Gasteiger partial charge in [-0.15, -0.1) is 11.3 Å². The number of aryl methyl sites for hydroxylation is 2. The summed E-state index contributed by atoms with van der Waals surface area (Å²) in [5.74, 6) is 0.887. The summed E-state index contributed by atoms with van der Waals surface area (Å²) in [6, 6.07) is 2.02. The lowest BCUT2D eigenvalue weighted by Crippen LogP contribution is -2.45. The van der Waals surface area contributed by atoms with Crippen LogP contribution in [0.5, 0.6) is 0 Å². The van der Waals surface area contributed by atoms with Gasteiger partial charge in [-0.2, -0.15) is 0 Å². The minimum Gasteiger partial charge on any atom is -0.361 e. The van der Waals surface area contributed by atoms with Crippen LogP contribution in [0.2, 0.25) is 0 Å². The highest BCUT2D eigenvalue weighted by Gasteiger charge is 2.18. The summed E-state index contributed by atoms with van der Waals surface area (Å²) in [7, 11) is 0. The average molecular weight is 292 g/mol. The van der Waals surface area contributed by atoms with Crippen LogP contribution in [0.25, 0.3) is 0 Å². The fourth-order valence-electron chi connectivity index (χ4n) is 2.54. The molecule has 0 saturated carbocycles. The third kappa shape index (κ3) is 3.45. The molecule has 0 bridgehead atoms. The van der Waals surface area contributed by atoms with Gasteiger partial charge in [-0.05, 0) is 13.8 Å². The highest BCUT2D eigenvalue weighted by molar-refractivity contribution is 7.09. The lowest BCUT2D eigenvalue weighted by molar-refractivity contribution is 0.119. The Morgan fingerprint density at radius 3 is 2.25 bits per heavy atom. The van der Waals surface area contributed by atoms with Crippen molar-refractivity contribution in [3.8, 4) is 0 Å². The Hall–Kier alpha value is -1.24. The van der Waals surface area contributed by atoms with Crippen LogP contribution in [0.3, 0.4) is 0 Å². The number of hydrogen-bond acceptors (Lipinski definition) is 6. The van der Waals surface area contributed by atoms with E-state index < -0.39 is 0 Å². The van der Waals surface area contributed by atoms with Crippen molar-refractivity contribution in [2.75, 3.05) is 26.2 Å². The number of piperazine rings is 1. The molecule has 2 aromatic heterocycles. The van der Waals surface area contributed by atoms with E-state index in [1.54, 1.807) is 11.3 Å². The van der Waals surface area contributed by atoms with Gasteiger partial charge in [0.15, 0.2) is 0 Å². The molecule has 5 nitrogen and oxygen atoms in total. The minimum atomic E-state index is 0.887. The van der Waals surface area contributed by atoms with Crippen molar-refractivity contribution in [3.05, 3.63) is 33.6 Å². The molecule has 0 unspecified atom stereocenters. The summed E-state index contributed by atoms with van der Waals surface area (Å²) in [5, 5.41) is 7.38. The molecule has 1 aliphatic heterocycles. The summed E-state index contributed by atoms with van der Waals surface area (Å²) in [6.45, 7) is 10.2. The van der Waals surface area contributed by atoms with Crippen LogP contribution in [0, 0.1) is 13.8 Å². The topological polar surface area (TPSA) is 45.4 Å². The molecular weight excluding hydrogens is 272 g/mol. The summed E-state index contributed by atoms with van der Waals surface area (Å²) in [5.41, 5.74) is 2.24. The Balaban J connectivity index is 1.47. The van der Waals surface area contributed by atoms with Crippen molar-refractivity contribution in [3.63, 3.8) is 0 Å². The van der Waals surface area contributed by atoms with E-state index in [-0.39, 0.29) is 0 Å². The van der Waals surface area contributed by atoms with Crippen molar-refractivity contribution in [1.29, 1.82) is 0 Å². The first-order valence-electron chi connectivity index (χ1n) is 6.97. The molecule has 0 spiro atoms. The number of nitrogens with zero attached hydrogens (tertiary/aromatic N) is 4. The third-order valence-electron chi connectivity index (χ3n) is 3.58. The monoisotopic (exact) mass is 292 g/mol. The maximum Gasteiger partial charge on any atom is 0.133 e. The summed E-state index contributed by atoms with van der Waals surface area (Å²) >= 11 is 1.73. The van der Waals surface area contributed by atoms with E-state index in [1.165, 1.54) is 5.69 Å². The Kier molecular flexibility index (Phi) is 4.14. The third-order valence-corrected chi connectivity index (χ3v) is 4.40. The Bertz CT molecular complexity index is 507. The van der Waals surface area contributed by atoms with Gasteiger partial charge < -0.3 is 4.52 Å². The maximum absolute atomic E-state index is 5.11. The second kappa shape index (κ2) is 6.03. The van der Waals surface area contributed by atoms with Gasteiger partial charge in [0.25, 0.3) is 0 Å². The SMILES string of the molecule is Cc1cc(CN2CCN(Cc3csc(C)n3)CC2)no1. The van der Waals surface area contributed by atoms with Crippen LogP contribution in [-0.2, 0) is 13.1 Å². The Morgan fingerprint density at radius 2 is 1.75 bits per heavy atom. The normalized spacial score (nSPS) is 17.7. The first-order chi connectivity index (χ1) is 9.69. The van der Waals surface area contributed by atoms with Crippen LogP contribution in [0.15, 0.2) is 16.0 Å². The van der Waals surface area contributed by atoms with E-state index in [0.717, 1.165) is 55.7 Å². The zero-order valence-corrected chi connectivity index (χ0v) is 12.8. The van der Waals surface area contributed by atoms with E-state index in [9.17, 15) is 0 Å². The van der Waals surface area contributed by atoms with Crippen LogP contribution >= 0.6 is 11.3 Å². The molecule has 0 atom stereocenters. The molecule has 1 saturated heterocycles. The van der Waals surface area contributed by atoms with Gasteiger partial charge in [-0.1, -0.05) is 5.16 Å². The van der Waals surface area contributed by atoms with Gasteiger partial charge in [0.05, 0.1) is 16.4 Å². The maximum atomic E-state index is 5.11. The van der Waals surface area contributed by atoms with Crippen molar-refractivity contribution in [2.24, 2.45) is 0 Å². The molecule has 3 heterocycles. The minimum absolute atomic E-state index is 0.887. The van der Waals surface area contributed by atoms with E-state index in [2.05, 4.69) is 32.2 Å². The molecule has 3 rings (SSSR count). The van der Waals surface area contributed by atoms with Gasteiger partial charge >= 0.3 is 0 Å². The average Bonchev–Trinajstić information content (AvgIpc) is 3.01. The summed E-state index contributed by atoms with van der Waals surface area (Å²) in [4.78, 5) is 9.44. The molecule has 0 amide bonds. The van der Waals surface area contributed by atoms with Crippen LogP contribution in [-0.4, -0.2) is 46.1 Å². The summed E-state index contributed by atoms with van der Waals surface area (Å²) < 4.78 is 5.11. The summed E-state index contributed by atoms with van der Waals surface area (Å²) in [6.07, 6.45) is 0. The van der Waals surface area contributed by atoms with Crippen LogP contribution < -0.4 is 0 Å². The van der Waals surface area contributed by atoms with E-state index in [1.807, 2.05) is 13.0 Å². The first kappa shape index (κ1) is 13.7. The van der Waals surface area contributed by atoms with Crippen molar-refractivity contribution < 1.29 is 4.52 Å².